The third-order valence-corrected chi connectivity index (χ3v) is 1.10. The van der Waals surface area contributed by atoms with E-state index in [1.54, 1.807) is 6.92 Å². The molecule has 1 amide bonds. The third-order valence-electron chi connectivity index (χ3n) is 1.10. The second kappa shape index (κ2) is 4.28. The van der Waals surface area contributed by atoms with Crippen molar-refractivity contribution < 1.29 is 9.90 Å². The molecule has 60 valence electrons. The molecule has 0 spiro atoms. The van der Waals surface area contributed by atoms with Gasteiger partial charge in [0, 0.05) is 12.5 Å². The number of aliphatic hydroxyl groups excluding tert-OH is 1. The van der Waals surface area contributed by atoms with Gasteiger partial charge in [-0.05, 0) is 6.92 Å². The maximum atomic E-state index is 10.8. The van der Waals surface area contributed by atoms with Gasteiger partial charge in [-0.25, -0.2) is 0 Å². The van der Waals surface area contributed by atoms with E-state index in [4.69, 9.17) is 5.11 Å². The van der Waals surface area contributed by atoms with Gasteiger partial charge in [-0.15, -0.1) is 0 Å². The molecule has 0 bridgehead atoms. The average molecular weight is 145 g/mol. The second-order valence-corrected chi connectivity index (χ2v) is 2.75. The van der Waals surface area contributed by atoms with Gasteiger partial charge < -0.3 is 10.4 Å². The van der Waals surface area contributed by atoms with Crippen molar-refractivity contribution in [2.45, 2.75) is 26.9 Å². The molecule has 0 fully saturated rings. The lowest BCUT2D eigenvalue weighted by Crippen LogP contribution is -2.33. The summed E-state index contributed by atoms with van der Waals surface area (Å²) in [4.78, 5) is 10.8. The first-order chi connectivity index (χ1) is 4.54. The smallest absolute Gasteiger partial charge is 0.222 e. The van der Waals surface area contributed by atoms with Crippen LogP contribution < -0.4 is 5.32 Å². The quantitative estimate of drug-likeness (QED) is 0.593. The van der Waals surface area contributed by atoms with Crippen molar-refractivity contribution in [1.29, 1.82) is 0 Å². The lowest BCUT2D eigenvalue weighted by Gasteiger charge is -2.08. The molecule has 0 aliphatic rings. The Labute approximate surface area is 61.4 Å². The molecule has 0 saturated carbocycles. The Morgan fingerprint density at radius 2 is 2.00 bits per heavy atom. The fourth-order valence-electron chi connectivity index (χ4n) is 0.452. The highest BCUT2D eigenvalue weighted by molar-refractivity contribution is 5.77. The molecular formula is C7H15NO2. The van der Waals surface area contributed by atoms with Crippen LogP contribution in [0.2, 0.25) is 0 Å². The van der Waals surface area contributed by atoms with Gasteiger partial charge in [0.15, 0.2) is 0 Å². The predicted molar refractivity (Wildman–Crippen MR) is 39.5 cm³/mol. The molecule has 0 heterocycles. The first-order valence-corrected chi connectivity index (χ1v) is 3.49. The van der Waals surface area contributed by atoms with Gasteiger partial charge in [0.05, 0.1) is 6.10 Å². The Bertz CT molecular complexity index is 110. The zero-order valence-corrected chi connectivity index (χ0v) is 6.72. The Balaban J connectivity index is 3.40. The van der Waals surface area contributed by atoms with Gasteiger partial charge in [-0.2, -0.15) is 0 Å². The minimum absolute atomic E-state index is 0.00116. The maximum Gasteiger partial charge on any atom is 0.222 e. The molecule has 10 heavy (non-hydrogen) atoms. The molecule has 3 heteroatoms. The van der Waals surface area contributed by atoms with Crippen molar-refractivity contribution >= 4 is 5.91 Å². The minimum Gasteiger partial charge on any atom is -0.392 e. The number of carbonyl (C=O) groups is 1. The fraction of sp³-hybridized carbons (Fsp3) is 0.857. The number of hydrogen-bond acceptors (Lipinski definition) is 2. The van der Waals surface area contributed by atoms with Gasteiger partial charge in [-0.3, -0.25) is 4.79 Å². The topological polar surface area (TPSA) is 49.3 Å². The van der Waals surface area contributed by atoms with E-state index < -0.39 is 6.10 Å². The van der Waals surface area contributed by atoms with E-state index in [9.17, 15) is 4.79 Å². The summed E-state index contributed by atoms with van der Waals surface area (Å²) >= 11 is 0. The SMILES string of the molecule is CC(C)C(=O)NC[C@@H](C)O. The van der Waals surface area contributed by atoms with Crippen LogP contribution in [0.15, 0.2) is 0 Å². The van der Waals surface area contributed by atoms with Crippen LogP contribution in [0.3, 0.4) is 0 Å². The summed E-state index contributed by atoms with van der Waals surface area (Å²) < 4.78 is 0. The van der Waals surface area contributed by atoms with E-state index in [2.05, 4.69) is 5.32 Å². The van der Waals surface area contributed by atoms with Crippen molar-refractivity contribution in [2.75, 3.05) is 6.54 Å². The summed E-state index contributed by atoms with van der Waals surface area (Å²) in [5, 5.41) is 11.4. The largest absolute Gasteiger partial charge is 0.392 e. The van der Waals surface area contributed by atoms with Crippen LogP contribution in [0.1, 0.15) is 20.8 Å². The van der Waals surface area contributed by atoms with Crippen LogP contribution in [0.4, 0.5) is 0 Å². The summed E-state index contributed by atoms with van der Waals surface area (Å²) in [6, 6.07) is 0. The Morgan fingerprint density at radius 1 is 1.50 bits per heavy atom. The summed E-state index contributed by atoms with van der Waals surface area (Å²) in [7, 11) is 0. The van der Waals surface area contributed by atoms with Crippen LogP contribution in [-0.2, 0) is 4.79 Å². The summed E-state index contributed by atoms with van der Waals surface area (Å²) in [6.45, 7) is 5.62. The van der Waals surface area contributed by atoms with E-state index >= 15 is 0 Å². The van der Waals surface area contributed by atoms with E-state index in [1.165, 1.54) is 0 Å². The monoisotopic (exact) mass is 145 g/mol. The van der Waals surface area contributed by atoms with Gasteiger partial charge >= 0.3 is 0 Å². The molecule has 0 unspecified atom stereocenters. The van der Waals surface area contributed by atoms with Crippen molar-refractivity contribution in [3.63, 3.8) is 0 Å². The highest BCUT2D eigenvalue weighted by atomic mass is 16.3. The molecule has 2 N–H and O–H groups in total. The molecule has 0 aromatic heterocycles. The molecule has 1 atom stereocenters. The highest BCUT2D eigenvalue weighted by Gasteiger charge is 2.05. The van der Waals surface area contributed by atoms with Gasteiger partial charge in [-0.1, -0.05) is 13.8 Å². The Kier molecular flexibility index (Phi) is 4.03. The number of carbonyl (C=O) groups excluding carboxylic acids is 1. The number of amides is 1. The number of rotatable bonds is 3. The minimum atomic E-state index is -0.456. The first kappa shape index (κ1) is 9.43. The van der Waals surface area contributed by atoms with Crippen LogP contribution in [0, 0.1) is 5.92 Å². The fourth-order valence-corrected chi connectivity index (χ4v) is 0.452. The third kappa shape index (κ3) is 4.32. The summed E-state index contributed by atoms with van der Waals surface area (Å²) in [6.07, 6.45) is -0.456. The molecule has 0 radical (unpaired) electrons. The van der Waals surface area contributed by atoms with Crippen LogP contribution >= 0.6 is 0 Å². The van der Waals surface area contributed by atoms with Crippen molar-refractivity contribution in [2.24, 2.45) is 5.92 Å². The standard InChI is InChI=1S/C7H15NO2/c1-5(2)7(10)8-4-6(3)9/h5-6,9H,4H2,1-3H3,(H,8,10)/t6-/m1/s1. The van der Waals surface area contributed by atoms with E-state index in [0.29, 0.717) is 6.54 Å². The molecular weight excluding hydrogens is 130 g/mol. The molecule has 0 saturated heterocycles. The van der Waals surface area contributed by atoms with Crippen LogP contribution in [-0.4, -0.2) is 23.7 Å². The van der Waals surface area contributed by atoms with Crippen LogP contribution in [0.5, 0.6) is 0 Å². The molecule has 0 aromatic rings. The first-order valence-electron chi connectivity index (χ1n) is 3.49. The molecule has 0 rings (SSSR count). The van der Waals surface area contributed by atoms with Crippen molar-refractivity contribution in [3.05, 3.63) is 0 Å². The van der Waals surface area contributed by atoms with Gasteiger partial charge in [0.1, 0.15) is 0 Å². The lowest BCUT2D eigenvalue weighted by molar-refractivity contribution is -0.124. The lowest BCUT2D eigenvalue weighted by atomic mass is 10.2. The highest BCUT2D eigenvalue weighted by Crippen LogP contribution is 1.89. The zero-order chi connectivity index (χ0) is 8.15. The predicted octanol–water partition coefficient (Wildman–Crippen LogP) is 0.139. The average Bonchev–Trinajstić information content (AvgIpc) is 1.82. The van der Waals surface area contributed by atoms with E-state index in [0.717, 1.165) is 0 Å². The molecule has 3 nitrogen and oxygen atoms in total. The molecule has 0 aromatic carbocycles. The maximum absolute atomic E-state index is 10.8. The zero-order valence-electron chi connectivity index (χ0n) is 6.72. The van der Waals surface area contributed by atoms with Crippen molar-refractivity contribution in [3.8, 4) is 0 Å². The number of aliphatic hydroxyl groups is 1. The number of hydrogen-bond donors (Lipinski definition) is 2. The normalized spacial score (nSPS) is 13.3. The molecule has 0 aliphatic carbocycles. The summed E-state index contributed by atoms with van der Waals surface area (Å²) in [5.41, 5.74) is 0. The summed E-state index contributed by atoms with van der Waals surface area (Å²) in [5.74, 6) is -0.0142. The van der Waals surface area contributed by atoms with E-state index in [1.807, 2.05) is 13.8 Å². The van der Waals surface area contributed by atoms with Crippen LogP contribution in [0.25, 0.3) is 0 Å². The van der Waals surface area contributed by atoms with Crippen molar-refractivity contribution in [1.82, 2.24) is 5.32 Å². The second-order valence-electron chi connectivity index (χ2n) is 2.75. The number of nitrogens with one attached hydrogen (secondary N) is 1. The molecule has 0 aliphatic heterocycles. The Hall–Kier alpha value is -0.570. The van der Waals surface area contributed by atoms with Gasteiger partial charge in [0.25, 0.3) is 0 Å². The Morgan fingerprint density at radius 3 is 2.30 bits per heavy atom. The van der Waals surface area contributed by atoms with E-state index in [-0.39, 0.29) is 11.8 Å². The van der Waals surface area contributed by atoms with Gasteiger partial charge in [0.2, 0.25) is 5.91 Å².